The predicted molar refractivity (Wildman–Crippen MR) is 96.4 cm³/mol. The Balaban J connectivity index is 2.07. The van der Waals surface area contributed by atoms with Crippen molar-refractivity contribution < 1.29 is 14.3 Å². The quantitative estimate of drug-likeness (QED) is 0.667. The fraction of sp³-hybridized carbons (Fsp3) is 0.611. The van der Waals surface area contributed by atoms with E-state index < -0.39 is 0 Å². The van der Waals surface area contributed by atoms with E-state index in [9.17, 15) is 4.79 Å². The lowest BCUT2D eigenvalue weighted by atomic mass is 10.1. The number of carbonyl (C=O) groups excluding carboxylic acids is 1. The monoisotopic (exact) mass is 354 g/mol. The standard InChI is InChI=1S/C18H27ClN2O3/c1-3-5-9-24-17-15(19)10-13(11-16(17)23-4-2)18(22)21-12-14-7-6-8-20-14/h10-11,14,20H,3-9,12H2,1-2H3,(H,21,22). The number of benzene rings is 1. The third-order valence-electron chi connectivity index (χ3n) is 3.99. The van der Waals surface area contributed by atoms with Crippen molar-refractivity contribution in [1.29, 1.82) is 0 Å². The van der Waals surface area contributed by atoms with Gasteiger partial charge in [-0.1, -0.05) is 24.9 Å². The number of halogens is 1. The Hall–Kier alpha value is -1.46. The van der Waals surface area contributed by atoms with Gasteiger partial charge in [-0.15, -0.1) is 0 Å². The molecular formula is C18H27ClN2O3. The molecule has 6 heteroatoms. The summed E-state index contributed by atoms with van der Waals surface area (Å²) in [5.74, 6) is 0.887. The fourth-order valence-electron chi connectivity index (χ4n) is 2.67. The van der Waals surface area contributed by atoms with E-state index in [2.05, 4.69) is 17.6 Å². The molecule has 1 saturated heterocycles. The third-order valence-corrected chi connectivity index (χ3v) is 4.27. The SMILES string of the molecule is CCCCOc1c(Cl)cc(C(=O)NCC2CCCN2)cc1OCC. The van der Waals surface area contributed by atoms with Crippen LogP contribution in [0.5, 0.6) is 11.5 Å². The first-order chi connectivity index (χ1) is 11.7. The molecule has 1 atom stereocenters. The number of nitrogens with one attached hydrogen (secondary N) is 2. The number of hydrogen-bond donors (Lipinski definition) is 2. The molecule has 0 spiro atoms. The molecule has 1 aromatic carbocycles. The molecule has 1 unspecified atom stereocenters. The van der Waals surface area contributed by atoms with Crippen molar-refractivity contribution in [1.82, 2.24) is 10.6 Å². The normalized spacial score (nSPS) is 16.9. The second-order valence-electron chi connectivity index (χ2n) is 5.92. The van der Waals surface area contributed by atoms with Gasteiger partial charge >= 0.3 is 0 Å². The first-order valence-electron chi connectivity index (χ1n) is 8.76. The van der Waals surface area contributed by atoms with E-state index in [0.717, 1.165) is 32.2 Å². The highest BCUT2D eigenvalue weighted by Crippen LogP contribution is 2.36. The van der Waals surface area contributed by atoms with E-state index in [1.807, 2.05) is 6.92 Å². The summed E-state index contributed by atoms with van der Waals surface area (Å²) in [6.45, 7) is 6.69. The van der Waals surface area contributed by atoms with Crippen molar-refractivity contribution >= 4 is 17.5 Å². The number of carbonyl (C=O) groups is 1. The van der Waals surface area contributed by atoms with Gasteiger partial charge in [-0.05, 0) is 44.9 Å². The number of unbranched alkanes of at least 4 members (excludes halogenated alkanes) is 1. The van der Waals surface area contributed by atoms with Crippen LogP contribution in [0.4, 0.5) is 0 Å². The summed E-state index contributed by atoms with van der Waals surface area (Å²) in [5.41, 5.74) is 0.490. The zero-order valence-electron chi connectivity index (χ0n) is 14.5. The molecule has 24 heavy (non-hydrogen) atoms. The molecule has 1 aliphatic heterocycles. The highest BCUT2D eigenvalue weighted by Gasteiger charge is 2.18. The van der Waals surface area contributed by atoms with E-state index in [1.54, 1.807) is 12.1 Å². The molecule has 0 radical (unpaired) electrons. The summed E-state index contributed by atoms with van der Waals surface area (Å²) in [7, 11) is 0. The van der Waals surface area contributed by atoms with E-state index in [-0.39, 0.29) is 5.91 Å². The highest BCUT2D eigenvalue weighted by atomic mass is 35.5. The second kappa shape index (κ2) is 9.74. The Labute approximate surface area is 149 Å². The van der Waals surface area contributed by atoms with Crippen molar-refractivity contribution in [3.8, 4) is 11.5 Å². The van der Waals surface area contributed by atoms with Gasteiger partial charge in [0.25, 0.3) is 5.91 Å². The van der Waals surface area contributed by atoms with Gasteiger partial charge in [0.05, 0.1) is 18.2 Å². The van der Waals surface area contributed by atoms with Crippen LogP contribution in [0.15, 0.2) is 12.1 Å². The van der Waals surface area contributed by atoms with Crippen LogP contribution in [-0.2, 0) is 0 Å². The van der Waals surface area contributed by atoms with Gasteiger partial charge < -0.3 is 20.1 Å². The van der Waals surface area contributed by atoms with Gasteiger partial charge in [0, 0.05) is 18.2 Å². The van der Waals surface area contributed by atoms with Crippen LogP contribution in [0.3, 0.4) is 0 Å². The first-order valence-corrected chi connectivity index (χ1v) is 9.14. The minimum Gasteiger partial charge on any atom is -0.490 e. The minimum atomic E-state index is -0.147. The van der Waals surface area contributed by atoms with Gasteiger partial charge in [0.1, 0.15) is 0 Å². The number of amides is 1. The molecule has 1 aromatic rings. The molecule has 134 valence electrons. The van der Waals surface area contributed by atoms with Crippen LogP contribution in [0.2, 0.25) is 5.02 Å². The van der Waals surface area contributed by atoms with Crippen LogP contribution >= 0.6 is 11.6 Å². The van der Waals surface area contributed by atoms with Gasteiger partial charge in [0.15, 0.2) is 11.5 Å². The zero-order chi connectivity index (χ0) is 17.4. The van der Waals surface area contributed by atoms with Gasteiger partial charge in [0.2, 0.25) is 0 Å². The summed E-state index contributed by atoms with van der Waals surface area (Å²) < 4.78 is 11.4. The van der Waals surface area contributed by atoms with Gasteiger partial charge in [-0.25, -0.2) is 0 Å². The van der Waals surface area contributed by atoms with Crippen LogP contribution in [-0.4, -0.2) is 38.3 Å². The average molecular weight is 355 g/mol. The zero-order valence-corrected chi connectivity index (χ0v) is 15.2. The molecular weight excluding hydrogens is 328 g/mol. The average Bonchev–Trinajstić information content (AvgIpc) is 3.08. The van der Waals surface area contributed by atoms with E-state index in [1.165, 1.54) is 0 Å². The van der Waals surface area contributed by atoms with Crippen molar-refractivity contribution in [2.45, 2.75) is 45.6 Å². The Morgan fingerprint density at radius 1 is 1.38 bits per heavy atom. The van der Waals surface area contributed by atoms with Crippen molar-refractivity contribution in [3.63, 3.8) is 0 Å². The molecule has 5 nitrogen and oxygen atoms in total. The van der Waals surface area contributed by atoms with E-state index in [4.69, 9.17) is 21.1 Å². The Kier molecular flexibility index (Phi) is 7.66. The molecule has 0 aromatic heterocycles. The maximum Gasteiger partial charge on any atom is 0.251 e. The molecule has 0 aliphatic carbocycles. The minimum absolute atomic E-state index is 0.147. The van der Waals surface area contributed by atoms with Crippen LogP contribution < -0.4 is 20.1 Å². The summed E-state index contributed by atoms with van der Waals surface area (Å²) in [6, 6.07) is 3.70. The topological polar surface area (TPSA) is 59.6 Å². The van der Waals surface area contributed by atoms with Gasteiger partial charge in [-0.3, -0.25) is 4.79 Å². The maximum absolute atomic E-state index is 12.4. The highest BCUT2D eigenvalue weighted by molar-refractivity contribution is 6.32. The number of rotatable bonds is 9. The number of hydrogen-bond acceptors (Lipinski definition) is 4. The summed E-state index contributed by atoms with van der Waals surface area (Å²) in [6.07, 6.45) is 4.23. The smallest absolute Gasteiger partial charge is 0.251 e. The van der Waals surface area contributed by atoms with Crippen molar-refractivity contribution in [2.75, 3.05) is 26.3 Å². The summed E-state index contributed by atoms with van der Waals surface area (Å²) in [5, 5.41) is 6.72. The molecule has 2 N–H and O–H groups in total. The van der Waals surface area contributed by atoms with E-state index in [0.29, 0.717) is 47.9 Å². The van der Waals surface area contributed by atoms with Gasteiger partial charge in [-0.2, -0.15) is 0 Å². The van der Waals surface area contributed by atoms with Crippen LogP contribution in [0.25, 0.3) is 0 Å². The van der Waals surface area contributed by atoms with Crippen LogP contribution in [0, 0.1) is 0 Å². The fourth-order valence-corrected chi connectivity index (χ4v) is 2.93. The Bertz CT molecular complexity index is 545. The molecule has 2 rings (SSSR count). The lowest BCUT2D eigenvalue weighted by Gasteiger charge is -2.16. The molecule has 0 bridgehead atoms. The largest absolute Gasteiger partial charge is 0.490 e. The van der Waals surface area contributed by atoms with Crippen LogP contribution in [0.1, 0.15) is 49.9 Å². The maximum atomic E-state index is 12.4. The summed E-state index contributed by atoms with van der Waals surface area (Å²) >= 11 is 6.32. The Morgan fingerprint density at radius 3 is 2.88 bits per heavy atom. The molecule has 1 amide bonds. The molecule has 1 aliphatic rings. The lowest BCUT2D eigenvalue weighted by Crippen LogP contribution is -2.37. The number of ether oxygens (including phenoxy) is 2. The molecule has 1 heterocycles. The summed E-state index contributed by atoms with van der Waals surface area (Å²) in [4.78, 5) is 12.4. The van der Waals surface area contributed by atoms with E-state index >= 15 is 0 Å². The molecule has 1 fully saturated rings. The predicted octanol–water partition coefficient (Wildman–Crippen LogP) is 3.40. The molecule has 0 saturated carbocycles. The lowest BCUT2D eigenvalue weighted by molar-refractivity contribution is 0.0949. The third kappa shape index (κ3) is 5.28. The van der Waals surface area contributed by atoms with Crippen molar-refractivity contribution in [2.24, 2.45) is 0 Å². The second-order valence-corrected chi connectivity index (χ2v) is 6.33. The first kappa shape index (κ1) is 18.9. The van der Waals surface area contributed by atoms with Crippen molar-refractivity contribution in [3.05, 3.63) is 22.7 Å². The Morgan fingerprint density at radius 2 is 2.21 bits per heavy atom.